The molecule has 35 heavy (non-hydrogen) atoms. The summed E-state index contributed by atoms with van der Waals surface area (Å²) in [6.07, 6.45) is 0.474. The van der Waals surface area contributed by atoms with Gasteiger partial charge in [-0.25, -0.2) is 0 Å². The molecule has 4 rings (SSSR count). The lowest BCUT2D eigenvalue weighted by Crippen LogP contribution is -2.31. The van der Waals surface area contributed by atoms with Gasteiger partial charge in [-0.2, -0.15) is 0 Å². The van der Waals surface area contributed by atoms with Crippen LogP contribution in [0.4, 0.5) is 0 Å². The summed E-state index contributed by atoms with van der Waals surface area (Å²) >= 11 is 6.09. The Labute approximate surface area is 209 Å². The van der Waals surface area contributed by atoms with Crippen molar-refractivity contribution in [2.45, 2.75) is 19.4 Å². The molecule has 6 nitrogen and oxygen atoms in total. The summed E-state index contributed by atoms with van der Waals surface area (Å²) in [4.78, 5) is 27.8. The highest BCUT2D eigenvalue weighted by molar-refractivity contribution is 6.46. The summed E-state index contributed by atoms with van der Waals surface area (Å²) in [5, 5.41) is 11.7. The number of ether oxygens (including phenoxy) is 2. The molecule has 1 saturated heterocycles. The molecule has 1 heterocycles. The number of benzene rings is 3. The highest BCUT2D eigenvalue weighted by Gasteiger charge is 2.45. The molecule has 7 heteroatoms. The fraction of sp³-hybridized carbons (Fsp3) is 0.214. The lowest BCUT2D eigenvalue weighted by molar-refractivity contribution is -0.139. The third-order valence-corrected chi connectivity index (χ3v) is 6.39. The summed E-state index contributed by atoms with van der Waals surface area (Å²) in [5.41, 5.74) is 3.17. The maximum atomic E-state index is 13.2. The molecule has 0 bridgehead atoms. The summed E-state index contributed by atoms with van der Waals surface area (Å²) in [6, 6.07) is 18.9. The number of ketones is 1. The van der Waals surface area contributed by atoms with Gasteiger partial charge in [-0.1, -0.05) is 59.6 Å². The first-order chi connectivity index (χ1) is 16.8. The number of methoxy groups -OCH3 is 2. The van der Waals surface area contributed by atoms with E-state index in [2.05, 4.69) is 0 Å². The van der Waals surface area contributed by atoms with Gasteiger partial charge < -0.3 is 19.5 Å². The number of halogens is 1. The number of Topliss-reactive ketones (excluding diaryl/α,β-unsaturated/α-hetero) is 1. The summed E-state index contributed by atoms with van der Waals surface area (Å²) < 4.78 is 10.7. The minimum absolute atomic E-state index is 0.0634. The quantitative estimate of drug-likeness (QED) is 0.274. The van der Waals surface area contributed by atoms with Crippen molar-refractivity contribution in [2.24, 2.45) is 0 Å². The van der Waals surface area contributed by atoms with Crippen molar-refractivity contribution in [3.05, 3.63) is 99.6 Å². The van der Waals surface area contributed by atoms with E-state index in [-0.39, 0.29) is 17.9 Å². The molecular weight excluding hydrogens is 466 g/mol. The van der Waals surface area contributed by atoms with Gasteiger partial charge in [0, 0.05) is 17.1 Å². The molecule has 1 N–H and O–H groups in total. The molecule has 0 aliphatic carbocycles. The highest BCUT2D eigenvalue weighted by atomic mass is 35.5. The van der Waals surface area contributed by atoms with Crippen molar-refractivity contribution in [3.8, 4) is 11.5 Å². The number of carbonyl (C=O) groups is 2. The second kappa shape index (κ2) is 10.2. The van der Waals surface area contributed by atoms with E-state index in [4.69, 9.17) is 21.1 Å². The second-order valence-corrected chi connectivity index (χ2v) is 8.79. The van der Waals surface area contributed by atoms with Crippen molar-refractivity contribution in [1.82, 2.24) is 4.90 Å². The van der Waals surface area contributed by atoms with Crippen LogP contribution in [0.25, 0.3) is 5.76 Å². The van der Waals surface area contributed by atoms with Crippen LogP contribution >= 0.6 is 11.6 Å². The van der Waals surface area contributed by atoms with E-state index >= 15 is 0 Å². The van der Waals surface area contributed by atoms with Crippen LogP contribution in [0.5, 0.6) is 11.5 Å². The average Bonchev–Trinajstić information content (AvgIpc) is 3.12. The molecule has 1 aliphatic heterocycles. The lowest BCUT2D eigenvalue weighted by Gasteiger charge is -2.25. The van der Waals surface area contributed by atoms with Crippen molar-refractivity contribution in [2.75, 3.05) is 20.8 Å². The molecule has 3 aromatic carbocycles. The van der Waals surface area contributed by atoms with Crippen molar-refractivity contribution in [1.29, 1.82) is 0 Å². The molecule has 0 aromatic heterocycles. The van der Waals surface area contributed by atoms with E-state index in [9.17, 15) is 14.7 Å². The van der Waals surface area contributed by atoms with E-state index < -0.39 is 17.7 Å². The highest BCUT2D eigenvalue weighted by Crippen LogP contribution is 2.40. The Morgan fingerprint density at radius 1 is 0.943 bits per heavy atom. The zero-order valence-electron chi connectivity index (χ0n) is 19.7. The smallest absolute Gasteiger partial charge is 0.295 e. The number of carbonyl (C=O) groups excluding carboxylic acids is 2. The van der Waals surface area contributed by atoms with Gasteiger partial charge in [0.2, 0.25) is 0 Å². The minimum Gasteiger partial charge on any atom is -0.507 e. The normalized spacial score (nSPS) is 17.0. The van der Waals surface area contributed by atoms with Crippen LogP contribution in [0.15, 0.2) is 72.3 Å². The van der Waals surface area contributed by atoms with E-state index in [1.54, 1.807) is 56.7 Å². The number of hydrogen-bond donors (Lipinski definition) is 1. The number of likely N-dealkylation sites (tertiary alicyclic amines) is 1. The minimum atomic E-state index is -0.742. The van der Waals surface area contributed by atoms with Crippen molar-refractivity contribution in [3.63, 3.8) is 0 Å². The van der Waals surface area contributed by atoms with Crippen LogP contribution in [0.3, 0.4) is 0 Å². The first-order valence-electron chi connectivity index (χ1n) is 11.2. The average molecular weight is 492 g/mol. The standard InChI is InChI=1S/C28H26ClNO5/c1-17-4-7-20(8-5-17)26(31)24-25(19-9-11-21(29)12-10-19)30(28(33)27(24)32)15-14-18-6-13-22(34-2)23(16-18)35-3/h4-13,16,25,31H,14-15H2,1-3H3/t25-/m0/s1. The van der Waals surface area contributed by atoms with Crippen LogP contribution in [0.1, 0.15) is 28.3 Å². The van der Waals surface area contributed by atoms with Crippen molar-refractivity contribution < 1.29 is 24.2 Å². The van der Waals surface area contributed by atoms with Crippen LogP contribution in [0, 0.1) is 6.92 Å². The van der Waals surface area contributed by atoms with Gasteiger partial charge in [0.25, 0.3) is 11.7 Å². The van der Waals surface area contributed by atoms with Crippen LogP contribution < -0.4 is 9.47 Å². The number of aliphatic hydroxyl groups is 1. The van der Waals surface area contributed by atoms with Crippen LogP contribution in [-0.4, -0.2) is 42.5 Å². The largest absolute Gasteiger partial charge is 0.507 e. The number of aryl methyl sites for hydroxylation is 1. The van der Waals surface area contributed by atoms with Gasteiger partial charge in [0.15, 0.2) is 11.5 Å². The summed E-state index contributed by atoms with van der Waals surface area (Å²) in [7, 11) is 3.13. The molecule has 1 aliphatic rings. The number of amides is 1. The molecular formula is C28H26ClNO5. The number of aliphatic hydroxyl groups excluding tert-OH is 1. The zero-order chi connectivity index (χ0) is 25.1. The molecule has 0 radical (unpaired) electrons. The van der Waals surface area contributed by atoms with E-state index in [1.807, 2.05) is 31.2 Å². The fourth-order valence-corrected chi connectivity index (χ4v) is 4.38. The summed E-state index contributed by atoms with van der Waals surface area (Å²) in [5.74, 6) is -0.372. The number of rotatable bonds is 7. The molecule has 1 fully saturated rings. The molecule has 0 saturated carbocycles. The maximum Gasteiger partial charge on any atom is 0.295 e. The van der Waals surface area contributed by atoms with Gasteiger partial charge >= 0.3 is 0 Å². The van der Waals surface area contributed by atoms with Gasteiger partial charge in [0.1, 0.15) is 5.76 Å². The zero-order valence-corrected chi connectivity index (χ0v) is 20.5. The first-order valence-corrected chi connectivity index (χ1v) is 11.5. The Kier molecular flexibility index (Phi) is 7.12. The Bertz CT molecular complexity index is 1280. The SMILES string of the molecule is COc1ccc(CCN2C(=O)C(=O)C(=C(O)c3ccc(C)cc3)[C@@H]2c2ccc(Cl)cc2)cc1OC. The summed E-state index contributed by atoms with van der Waals surface area (Å²) in [6.45, 7) is 2.20. The van der Waals surface area contributed by atoms with E-state index in [1.165, 1.54) is 4.90 Å². The van der Waals surface area contributed by atoms with E-state index in [0.717, 1.165) is 11.1 Å². The first kappa shape index (κ1) is 24.4. The Morgan fingerprint density at radius 2 is 1.60 bits per heavy atom. The predicted molar refractivity (Wildman–Crippen MR) is 135 cm³/mol. The molecule has 0 unspecified atom stereocenters. The Morgan fingerprint density at radius 3 is 2.23 bits per heavy atom. The third kappa shape index (κ3) is 4.88. The van der Waals surface area contributed by atoms with Gasteiger partial charge in [-0.3, -0.25) is 9.59 Å². The maximum absolute atomic E-state index is 13.2. The Hall–Kier alpha value is -3.77. The van der Waals surface area contributed by atoms with E-state index in [0.29, 0.717) is 34.1 Å². The molecule has 3 aromatic rings. The van der Waals surface area contributed by atoms with Crippen LogP contribution in [-0.2, 0) is 16.0 Å². The number of nitrogens with zero attached hydrogens (tertiary/aromatic N) is 1. The van der Waals surface area contributed by atoms with Crippen LogP contribution in [0.2, 0.25) is 5.02 Å². The second-order valence-electron chi connectivity index (χ2n) is 8.35. The molecule has 0 spiro atoms. The predicted octanol–water partition coefficient (Wildman–Crippen LogP) is 5.33. The monoisotopic (exact) mass is 491 g/mol. The third-order valence-electron chi connectivity index (χ3n) is 6.14. The molecule has 1 atom stereocenters. The topological polar surface area (TPSA) is 76.1 Å². The molecule has 1 amide bonds. The van der Waals surface area contributed by atoms with Gasteiger partial charge in [-0.05, 0) is 48.7 Å². The Balaban J connectivity index is 1.73. The fourth-order valence-electron chi connectivity index (χ4n) is 4.25. The van der Waals surface area contributed by atoms with Gasteiger partial charge in [0.05, 0.1) is 25.8 Å². The lowest BCUT2D eigenvalue weighted by atomic mass is 9.95. The molecule has 180 valence electrons. The van der Waals surface area contributed by atoms with Gasteiger partial charge in [-0.15, -0.1) is 0 Å². The number of hydrogen-bond acceptors (Lipinski definition) is 5. The van der Waals surface area contributed by atoms with Crippen molar-refractivity contribution >= 4 is 29.1 Å².